The molecule has 0 aromatic heterocycles. The van der Waals surface area contributed by atoms with Crippen LogP contribution in [0.15, 0.2) is 48.5 Å². The lowest BCUT2D eigenvalue weighted by Gasteiger charge is -2.33. The summed E-state index contributed by atoms with van der Waals surface area (Å²) in [5.74, 6) is 1.97. The van der Waals surface area contributed by atoms with Crippen molar-refractivity contribution in [1.82, 2.24) is 0 Å². The van der Waals surface area contributed by atoms with Crippen molar-refractivity contribution >= 4 is 5.97 Å². The smallest absolute Gasteiger partial charge is 0.343 e. The normalized spacial score (nSPS) is 15.8. The van der Waals surface area contributed by atoms with Crippen LogP contribution in [0.5, 0.6) is 11.5 Å². The number of benzene rings is 2. The molecule has 2 aromatic rings. The van der Waals surface area contributed by atoms with Crippen molar-refractivity contribution in [3.63, 3.8) is 0 Å². The van der Waals surface area contributed by atoms with Crippen LogP contribution in [0.2, 0.25) is 0 Å². The quantitative estimate of drug-likeness (QED) is 0.458. The highest BCUT2D eigenvalue weighted by Gasteiger charge is 2.33. The number of hydrogen-bond acceptors (Lipinski definition) is 3. The number of halogens is 1. The summed E-state index contributed by atoms with van der Waals surface area (Å²) in [6.07, 6.45) is 10.00. The fourth-order valence-corrected chi connectivity index (χ4v) is 2.97. The van der Waals surface area contributed by atoms with Gasteiger partial charge in [-0.05, 0) is 56.0 Å². The Kier molecular flexibility index (Phi) is 5.04. The summed E-state index contributed by atoms with van der Waals surface area (Å²) in [5.41, 5.74) is -0.593. The van der Waals surface area contributed by atoms with Gasteiger partial charge in [0, 0.05) is 0 Å². The van der Waals surface area contributed by atoms with Gasteiger partial charge in [-0.3, -0.25) is 0 Å². The molecule has 0 saturated heterocycles. The number of esters is 1. The predicted octanol–water partition coefficient (Wildman–Crippen LogP) is 4.76. The highest BCUT2D eigenvalue weighted by atomic mass is 19.1. The van der Waals surface area contributed by atoms with Gasteiger partial charge in [0.2, 0.25) is 0 Å². The second-order valence-corrected chi connectivity index (χ2v) is 6.15. The minimum absolute atomic E-state index is 0.0117. The van der Waals surface area contributed by atoms with Crippen LogP contribution < -0.4 is 9.47 Å². The molecule has 0 bridgehead atoms. The highest BCUT2D eigenvalue weighted by molar-refractivity contribution is 5.91. The fourth-order valence-electron chi connectivity index (χ4n) is 2.97. The molecule has 25 heavy (non-hydrogen) atoms. The average molecular weight is 338 g/mol. The van der Waals surface area contributed by atoms with Gasteiger partial charge in [0.1, 0.15) is 5.75 Å². The summed E-state index contributed by atoms with van der Waals surface area (Å²) >= 11 is 0. The molecule has 0 atom stereocenters. The highest BCUT2D eigenvalue weighted by Crippen LogP contribution is 2.34. The molecule has 0 heterocycles. The minimum atomic E-state index is -0.805. The number of terminal acetylenes is 1. The van der Waals surface area contributed by atoms with Crippen LogP contribution >= 0.6 is 0 Å². The Labute approximate surface area is 146 Å². The summed E-state index contributed by atoms with van der Waals surface area (Å²) < 4.78 is 25.3. The first-order valence-corrected chi connectivity index (χ1v) is 8.35. The van der Waals surface area contributed by atoms with Gasteiger partial charge >= 0.3 is 5.97 Å². The van der Waals surface area contributed by atoms with Crippen LogP contribution in [0.3, 0.4) is 0 Å². The van der Waals surface area contributed by atoms with E-state index in [1.807, 2.05) is 6.07 Å². The Morgan fingerprint density at radius 3 is 2.48 bits per heavy atom. The third-order valence-corrected chi connectivity index (χ3v) is 4.35. The Bertz CT molecular complexity index is 787. The van der Waals surface area contributed by atoms with Crippen molar-refractivity contribution in [2.45, 2.75) is 37.7 Å². The predicted molar refractivity (Wildman–Crippen MR) is 93.1 cm³/mol. The number of para-hydroxylation sites is 1. The third-order valence-electron chi connectivity index (χ3n) is 4.35. The maximum absolute atomic E-state index is 14.2. The molecule has 0 spiro atoms. The Hall–Kier alpha value is -2.80. The molecule has 3 nitrogen and oxygen atoms in total. The fraction of sp³-hybridized carbons (Fsp3) is 0.286. The molecule has 0 unspecified atom stereocenters. The monoisotopic (exact) mass is 338 g/mol. The summed E-state index contributed by atoms with van der Waals surface area (Å²) in [5, 5.41) is 0. The van der Waals surface area contributed by atoms with Gasteiger partial charge in [0.15, 0.2) is 17.2 Å². The van der Waals surface area contributed by atoms with Crippen molar-refractivity contribution in [2.75, 3.05) is 0 Å². The van der Waals surface area contributed by atoms with Gasteiger partial charge in [-0.1, -0.05) is 30.5 Å². The standard InChI is InChI=1S/C21H19FO3/c1-2-21(13-7-4-8-14-21)25-19-15-16(11-12-18(19)22)20(23)24-17-9-5-3-6-10-17/h1,3,5-6,9-12,15H,4,7-8,13-14H2. The molecular formula is C21H19FO3. The average Bonchev–Trinajstić information content (AvgIpc) is 2.65. The van der Waals surface area contributed by atoms with Crippen molar-refractivity contribution in [1.29, 1.82) is 0 Å². The van der Waals surface area contributed by atoms with Crippen molar-refractivity contribution in [2.24, 2.45) is 0 Å². The lowest BCUT2D eigenvalue weighted by Crippen LogP contribution is -2.36. The molecule has 0 radical (unpaired) electrons. The van der Waals surface area contributed by atoms with Crippen molar-refractivity contribution in [3.8, 4) is 23.8 Å². The van der Waals surface area contributed by atoms with Crippen LogP contribution in [0.4, 0.5) is 4.39 Å². The number of ether oxygens (including phenoxy) is 2. The van der Waals surface area contributed by atoms with E-state index in [9.17, 15) is 9.18 Å². The first-order valence-electron chi connectivity index (χ1n) is 8.35. The molecule has 1 fully saturated rings. The van der Waals surface area contributed by atoms with E-state index in [2.05, 4.69) is 5.92 Å². The van der Waals surface area contributed by atoms with Gasteiger partial charge in [-0.2, -0.15) is 0 Å². The van der Waals surface area contributed by atoms with Gasteiger partial charge in [0.25, 0.3) is 0 Å². The molecule has 0 aliphatic heterocycles. The topological polar surface area (TPSA) is 35.5 Å². The van der Waals surface area contributed by atoms with Gasteiger partial charge in [0.05, 0.1) is 5.56 Å². The molecular weight excluding hydrogens is 319 g/mol. The second-order valence-electron chi connectivity index (χ2n) is 6.15. The zero-order chi connectivity index (χ0) is 17.7. The van der Waals surface area contributed by atoms with Gasteiger partial charge in [-0.25, -0.2) is 9.18 Å². The molecule has 2 aromatic carbocycles. The lowest BCUT2D eigenvalue weighted by atomic mass is 9.85. The van der Waals surface area contributed by atoms with Crippen LogP contribution in [0, 0.1) is 18.2 Å². The SMILES string of the molecule is C#CC1(Oc2cc(C(=O)Oc3ccccc3)ccc2F)CCCCC1. The lowest BCUT2D eigenvalue weighted by molar-refractivity contribution is 0.0723. The molecule has 128 valence electrons. The first kappa shape index (κ1) is 17.0. The summed E-state index contributed by atoms with van der Waals surface area (Å²) in [6, 6.07) is 12.6. The van der Waals surface area contributed by atoms with E-state index in [-0.39, 0.29) is 11.3 Å². The number of hydrogen-bond donors (Lipinski definition) is 0. The number of carbonyl (C=O) groups excluding carboxylic acids is 1. The maximum atomic E-state index is 14.2. The van der Waals surface area contributed by atoms with E-state index in [4.69, 9.17) is 15.9 Å². The zero-order valence-corrected chi connectivity index (χ0v) is 13.8. The molecule has 1 saturated carbocycles. The largest absolute Gasteiger partial charge is 0.472 e. The second kappa shape index (κ2) is 7.40. The van der Waals surface area contributed by atoms with E-state index in [1.165, 1.54) is 18.2 Å². The number of rotatable bonds is 4. The van der Waals surface area contributed by atoms with Gasteiger partial charge < -0.3 is 9.47 Å². The van der Waals surface area contributed by atoms with Crippen LogP contribution in [0.1, 0.15) is 42.5 Å². The maximum Gasteiger partial charge on any atom is 0.343 e. The number of carbonyl (C=O) groups is 1. The summed E-state index contributed by atoms with van der Waals surface area (Å²) in [4.78, 5) is 12.3. The van der Waals surface area contributed by atoms with Crippen molar-refractivity contribution in [3.05, 3.63) is 59.9 Å². The van der Waals surface area contributed by atoms with Crippen LogP contribution in [-0.2, 0) is 0 Å². The molecule has 0 N–H and O–H groups in total. The molecule has 1 aliphatic carbocycles. The van der Waals surface area contributed by atoms with E-state index >= 15 is 0 Å². The van der Waals surface area contributed by atoms with E-state index in [1.54, 1.807) is 24.3 Å². The van der Waals surface area contributed by atoms with E-state index < -0.39 is 17.4 Å². The third kappa shape index (κ3) is 4.00. The van der Waals surface area contributed by atoms with E-state index in [0.29, 0.717) is 18.6 Å². The van der Waals surface area contributed by atoms with Crippen LogP contribution in [0.25, 0.3) is 0 Å². The Morgan fingerprint density at radius 1 is 1.08 bits per heavy atom. The van der Waals surface area contributed by atoms with E-state index in [0.717, 1.165) is 19.3 Å². The van der Waals surface area contributed by atoms with Crippen molar-refractivity contribution < 1.29 is 18.7 Å². The first-order chi connectivity index (χ1) is 12.1. The molecule has 4 heteroatoms. The van der Waals surface area contributed by atoms with Crippen LogP contribution in [-0.4, -0.2) is 11.6 Å². The molecule has 3 rings (SSSR count). The summed E-state index contributed by atoms with van der Waals surface area (Å²) in [7, 11) is 0. The minimum Gasteiger partial charge on any atom is -0.472 e. The molecule has 1 aliphatic rings. The Morgan fingerprint density at radius 2 is 1.80 bits per heavy atom. The zero-order valence-electron chi connectivity index (χ0n) is 13.8. The van der Waals surface area contributed by atoms with Gasteiger partial charge in [-0.15, -0.1) is 6.42 Å². The summed E-state index contributed by atoms with van der Waals surface area (Å²) in [6.45, 7) is 0. The molecule has 0 amide bonds. The Balaban J connectivity index is 1.80.